The fourth-order valence-electron chi connectivity index (χ4n) is 3.14. The van der Waals surface area contributed by atoms with Crippen molar-refractivity contribution >= 4 is 33.8 Å². The molecule has 0 fully saturated rings. The van der Waals surface area contributed by atoms with E-state index >= 15 is 0 Å². The average Bonchev–Trinajstić information content (AvgIpc) is 3.42. The van der Waals surface area contributed by atoms with E-state index in [-0.39, 0.29) is 12.7 Å². The summed E-state index contributed by atoms with van der Waals surface area (Å²) in [7, 11) is 0. The fourth-order valence-corrected chi connectivity index (χ4v) is 3.80. The number of hydrogen-bond acceptors (Lipinski definition) is 5. The largest absolute Gasteiger partial charge is 0.454 e. The maximum atomic E-state index is 12.9. The summed E-state index contributed by atoms with van der Waals surface area (Å²) >= 11 is 1.65. The summed E-state index contributed by atoms with van der Waals surface area (Å²) in [6.07, 6.45) is 0. The summed E-state index contributed by atoms with van der Waals surface area (Å²) in [5, 5.41) is 12.4. The van der Waals surface area contributed by atoms with Crippen LogP contribution in [0.2, 0.25) is 0 Å². The van der Waals surface area contributed by atoms with E-state index in [0.29, 0.717) is 29.4 Å². The van der Waals surface area contributed by atoms with Gasteiger partial charge in [0.1, 0.15) is 0 Å². The molecule has 6 nitrogen and oxygen atoms in total. The lowest BCUT2D eigenvalue weighted by molar-refractivity contribution is 0.102. The first-order valence-corrected chi connectivity index (χ1v) is 9.40. The first-order valence-electron chi connectivity index (χ1n) is 8.45. The van der Waals surface area contributed by atoms with Gasteiger partial charge >= 0.3 is 0 Å². The van der Waals surface area contributed by atoms with Gasteiger partial charge in [-0.2, -0.15) is 16.4 Å². The number of fused-ring (bicyclic) bond motifs is 2. The molecule has 2 aromatic carbocycles. The molecular formula is C20H15N3O3S. The minimum Gasteiger partial charge on any atom is -0.454 e. The van der Waals surface area contributed by atoms with E-state index in [1.807, 2.05) is 34.3 Å². The molecule has 4 aromatic rings. The minimum absolute atomic E-state index is 0.199. The molecule has 1 amide bonds. The molecule has 0 spiro atoms. The molecule has 27 heavy (non-hydrogen) atoms. The molecule has 1 aliphatic rings. The second kappa shape index (κ2) is 6.44. The van der Waals surface area contributed by atoms with E-state index < -0.39 is 0 Å². The number of carbonyl (C=O) groups is 1. The van der Waals surface area contributed by atoms with Crippen molar-refractivity contribution in [3.8, 4) is 11.5 Å². The van der Waals surface area contributed by atoms with Crippen molar-refractivity contribution in [3.05, 3.63) is 70.5 Å². The number of hydrogen-bond donors (Lipinski definition) is 1. The van der Waals surface area contributed by atoms with Gasteiger partial charge in [-0.15, -0.1) is 0 Å². The van der Waals surface area contributed by atoms with Crippen LogP contribution in [-0.2, 0) is 6.54 Å². The molecule has 1 N–H and O–H groups in total. The Morgan fingerprint density at radius 2 is 2.04 bits per heavy atom. The van der Waals surface area contributed by atoms with Crippen LogP contribution in [-0.4, -0.2) is 22.5 Å². The van der Waals surface area contributed by atoms with E-state index in [2.05, 4.69) is 21.9 Å². The molecule has 3 heterocycles. The van der Waals surface area contributed by atoms with Crippen LogP contribution >= 0.6 is 11.3 Å². The van der Waals surface area contributed by atoms with Gasteiger partial charge in [0, 0.05) is 17.1 Å². The lowest BCUT2D eigenvalue weighted by atomic mass is 10.2. The number of benzene rings is 2. The lowest BCUT2D eigenvalue weighted by Crippen LogP contribution is -2.13. The molecule has 0 saturated heterocycles. The van der Waals surface area contributed by atoms with Crippen LogP contribution in [0.4, 0.5) is 5.69 Å². The van der Waals surface area contributed by atoms with Crippen LogP contribution < -0.4 is 14.8 Å². The Bertz CT molecular complexity index is 1130. The topological polar surface area (TPSA) is 65.4 Å². The van der Waals surface area contributed by atoms with E-state index in [9.17, 15) is 4.79 Å². The number of anilines is 1. The molecule has 0 saturated carbocycles. The van der Waals surface area contributed by atoms with Gasteiger partial charge in [-0.3, -0.25) is 9.48 Å². The Balaban J connectivity index is 1.48. The highest BCUT2D eigenvalue weighted by Gasteiger charge is 2.19. The molecular weight excluding hydrogens is 362 g/mol. The van der Waals surface area contributed by atoms with Crippen molar-refractivity contribution < 1.29 is 14.3 Å². The number of ether oxygens (including phenoxy) is 2. The third kappa shape index (κ3) is 2.92. The molecule has 1 aliphatic heterocycles. The number of carbonyl (C=O) groups excluding carboxylic acids is 1. The number of nitrogens with one attached hydrogen (secondary N) is 1. The summed E-state index contributed by atoms with van der Waals surface area (Å²) in [4.78, 5) is 12.9. The normalized spacial score (nSPS) is 12.4. The summed E-state index contributed by atoms with van der Waals surface area (Å²) in [6, 6.07) is 15.1. The second-order valence-corrected chi connectivity index (χ2v) is 6.96. The number of thiophene rings is 1. The highest BCUT2D eigenvalue weighted by molar-refractivity contribution is 7.07. The van der Waals surface area contributed by atoms with Gasteiger partial charge in [-0.1, -0.05) is 18.2 Å². The fraction of sp³-hybridized carbons (Fsp3) is 0.100. The van der Waals surface area contributed by atoms with Crippen LogP contribution in [0.3, 0.4) is 0 Å². The molecule has 0 radical (unpaired) electrons. The highest BCUT2D eigenvalue weighted by Crippen LogP contribution is 2.34. The molecule has 134 valence electrons. The lowest BCUT2D eigenvalue weighted by Gasteiger charge is -2.05. The Hall–Kier alpha value is -3.32. The molecule has 0 bridgehead atoms. The van der Waals surface area contributed by atoms with Crippen molar-refractivity contribution in [1.29, 1.82) is 0 Å². The van der Waals surface area contributed by atoms with Crippen molar-refractivity contribution in [1.82, 2.24) is 9.78 Å². The zero-order valence-electron chi connectivity index (χ0n) is 14.2. The summed E-state index contributed by atoms with van der Waals surface area (Å²) < 4.78 is 12.5. The molecule has 0 aliphatic carbocycles. The summed E-state index contributed by atoms with van der Waals surface area (Å²) in [6.45, 7) is 0.825. The van der Waals surface area contributed by atoms with Crippen LogP contribution in [0.15, 0.2) is 59.3 Å². The molecule has 0 atom stereocenters. The van der Waals surface area contributed by atoms with Crippen LogP contribution in [0.25, 0.3) is 10.9 Å². The van der Waals surface area contributed by atoms with Crippen LogP contribution in [0.5, 0.6) is 11.5 Å². The molecule has 5 rings (SSSR count). The zero-order valence-corrected chi connectivity index (χ0v) is 15.0. The number of nitrogens with zero attached hydrogens (tertiary/aromatic N) is 2. The Morgan fingerprint density at radius 3 is 2.93 bits per heavy atom. The standard InChI is InChI=1S/C20H15N3O3S/c24-20(21-14-5-6-17-18(9-14)26-12-25-17)19-15-3-1-2-4-16(15)23(22-19)10-13-7-8-27-11-13/h1-9,11H,10,12H2,(H,21,24). The van der Waals surface area contributed by atoms with Gasteiger partial charge in [-0.05, 0) is 40.6 Å². The third-order valence-electron chi connectivity index (χ3n) is 4.42. The van der Waals surface area contributed by atoms with Crippen LogP contribution in [0, 0.1) is 0 Å². The predicted octanol–water partition coefficient (Wildman–Crippen LogP) is 4.13. The number of aromatic nitrogens is 2. The van der Waals surface area contributed by atoms with E-state index in [0.717, 1.165) is 16.5 Å². The van der Waals surface area contributed by atoms with Crippen LogP contribution in [0.1, 0.15) is 16.1 Å². The molecule has 7 heteroatoms. The van der Waals surface area contributed by atoms with Crippen molar-refractivity contribution in [2.24, 2.45) is 0 Å². The first-order chi connectivity index (χ1) is 13.3. The van der Waals surface area contributed by atoms with Gasteiger partial charge < -0.3 is 14.8 Å². The number of rotatable bonds is 4. The van der Waals surface area contributed by atoms with Gasteiger partial charge in [0.25, 0.3) is 5.91 Å². The predicted molar refractivity (Wildman–Crippen MR) is 104 cm³/mol. The summed E-state index contributed by atoms with van der Waals surface area (Å²) in [5.41, 5.74) is 3.13. The maximum absolute atomic E-state index is 12.9. The van der Waals surface area contributed by atoms with Crippen molar-refractivity contribution in [2.75, 3.05) is 12.1 Å². The Kier molecular flexibility index (Phi) is 3.79. The summed E-state index contributed by atoms with van der Waals surface area (Å²) in [5.74, 6) is 1.05. The highest BCUT2D eigenvalue weighted by atomic mass is 32.1. The Morgan fingerprint density at radius 1 is 1.15 bits per heavy atom. The van der Waals surface area contributed by atoms with E-state index in [4.69, 9.17) is 9.47 Å². The van der Waals surface area contributed by atoms with E-state index in [1.165, 1.54) is 0 Å². The average molecular weight is 377 g/mol. The van der Waals surface area contributed by atoms with Crippen molar-refractivity contribution in [3.63, 3.8) is 0 Å². The zero-order chi connectivity index (χ0) is 18.2. The minimum atomic E-state index is -0.255. The monoisotopic (exact) mass is 377 g/mol. The number of para-hydroxylation sites is 1. The third-order valence-corrected chi connectivity index (χ3v) is 5.15. The molecule has 0 unspecified atom stereocenters. The maximum Gasteiger partial charge on any atom is 0.276 e. The van der Waals surface area contributed by atoms with E-state index in [1.54, 1.807) is 29.5 Å². The second-order valence-electron chi connectivity index (χ2n) is 6.18. The quantitative estimate of drug-likeness (QED) is 0.581. The van der Waals surface area contributed by atoms with Gasteiger partial charge in [0.2, 0.25) is 6.79 Å². The van der Waals surface area contributed by atoms with Gasteiger partial charge in [0.05, 0.1) is 12.1 Å². The first kappa shape index (κ1) is 15.9. The number of amides is 1. The Labute approximate surface area is 159 Å². The SMILES string of the molecule is O=C(Nc1ccc2c(c1)OCO2)c1nn(Cc2ccsc2)c2ccccc12. The molecule has 2 aromatic heterocycles. The van der Waals surface area contributed by atoms with Crippen molar-refractivity contribution in [2.45, 2.75) is 6.54 Å². The smallest absolute Gasteiger partial charge is 0.276 e. The van der Waals surface area contributed by atoms with Gasteiger partial charge in [-0.25, -0.2) is 0 Å². The van der Waals surface area contributed by atoms with Gasteiger partial charge in [0.15, 0.2) is 17.2 Å².